The van der Waals surface area contributed by atoms with E-state index in [-0.39, 0.29) is 73.5 Å². The zero-order valence-corrected chi connectivity index (χ0v) is 18.8. The highest BCUT2D eigenvalue weighted by Gasteiger charge is 2.39. The lowest BCUT2D eigenvalue weighted by Gasteiger charge is -2.31. The Labute approximate surface area is 187 Å². The van der Waals surface area contributed by atoms with Crippen molar-refractivity contribution in [3.05, 3.63) is 35.4 Å². The number of nitrogens with one attached hydrogen (secondary N) is 2. The van der Waals surface area contributed by atoms with Gasteiger partial charge in [-0.3, -0.25) is 28.9 Å². The van der Waals surface area contributed by atoms with Crippen molar-refractivity contribution in [3.63, 3.8) is 0 Å². The summed E-state index contributed by atoms with van der Waals surface area (Å²) < 4.78 is 0. The molecule has 32 heavy (non-hydrogen) atoms. The number of fused-ring (bicyclic) bond motifs is 1. The third kappa shape index (κ3) is 5.15. The minimum Gasteiger partial charge on any atom is -0.354 e. The Morgan fingerprint density at radius 2 is 1.59 bits per heavy atom. The maximum atomic E-state index is 12.3. The first-order chi connectivity index (χ1) is 15.1. The van der Waals surface area contributed by atoms with E-state index in [2.05, 4.69) is 10.6 Å². The minimum atomic E-state index is -0.378. The fourth-order valence-electron chi connectivity index (χ4n) is 3.99. The van der Waals surface area contributed by atoms with Crippen LogP contribution in [0.4, 0.5) is 0 Å². The number of imide groups is 1. The Balaban J connectivity index is 1.32. The van der Waals surface area contributed by atoms with Crippen LogP contribution < -0.4 is 10.6 Å². The predicted octanol–water partition coefficient (Wildman–Crippen LogP) is 0.942. The molecular formula is C23H30N4O5. The minimum absolute atomic E-state index is 0.0241. The largest absolute Gasteiger partial charge is 0.354 e. The number of hydrogen-bond donors (Lipinski definition) is 2. The zero-order chi connectivity index (χ0) is 23.5. The quantitative estimate of drug-likeness (QED) is 0.459. The van der Waals surface area contributed by atoms with Gasteiger partial charge in [0, 0.05) is 44.6 Å². The van der Waals surface area contributed by atoms with Crippen LogP contribution in [0.1, 0.15) is 60.7 Å². The summed E-state index contributed by atoms with van der Waals surface area (Å²) in [7, 11) is 0. The molecule has 2 aliphatic rings. The summed E-state index contributed by atoms with van der Waals surface area (Å²) in [4.78, 5) is 63.9. The first-order valence-corrected chi connectivity index (χ1v) is 10.9. The molecule has 2 aliphatic heterocycles. The van der Waals surface area contributed by atoms with Gasteiger partial charge in [-0.25, -0.2) is 0 Å². The maximum Gasteiger partial charge on any atom is 0.261 e. The van der Waals surface area contributed by atoms with Gasteiger partial charge in [0.25, 0.3) is 11.8 Å². The van der Waals surface area contributed by atoms with Gasteiger partial charge in [0.05, 0.1) is 17.0 Å². The van der Waals surface area contributed by atoms with Gasteiger partial charge in [0.1, 0.15) is 0 Å². The number of nitrogens with zero attached hydrogens (tertiary/aromatic N) is 2. The highest BCUT2D eigenvalue weighted by molar-refractivity contribution is 6.21. The van der Waals surface area contributed by atoms with Crippen LogP contribution in [0.5, 0.6) is 0 Å². The molecule has 0 saturated carbocycles. The van der Waals surface area contributed by atoms with Crippen LogP contribution in [0.25, 0.3) is 0 Å². The molecule has 1 aromatic rings. The molecule has 1 atom stereocenters. The Morgan fingerprint density at radius 3 is 2.16 bits per heavy atom. The van der Waals surface area contributed by atoms with Gasteiger partial charge < -0.3 is 15.5 Å². The second kappa shape index (κ2) is 9.50. The lowest BCUT2D eigenvalue weighted by molar-refractivity contribution is -0.132. The molecule has 0 spiro atoms. The SMILES string of the molecule is CC(C)(C)N1CC(C(=O)NCCNC(=O)CCCN2C(=O)c3ccccc3C2=O)CC1=O. The van der Waals surface area contributed by atoms with Gasteiger partial charge in [-0.15, -0.1) is 0 Å². The molecule has 1 fully saturated rings. The van der Waals surface area contributed by atoms with Crippen molar-refractivity contribution < 1.29 is 24.0 Å². The summed E-state index contributed by atoms with van der Waals surface area (Å²) >= 11 is 0. The van der Waals surface area contributed by atoms with Crippen LogP contribution in [0, 0.1) is 5.92 Å². The smallest absolute Gasteiger partial charge is 0.261 e. The zero-order valence-electron chi connectivity index (χ0n) is 18.8. The van der Waals surface area contributed by atoms with Gasteiger partial charge in [0.2, 0.25) is 17.7 Å². The molecule has 0 bridgehead atoms. The average molecular weight is 443 g/mol. The van der Waals surface area contributed by atoms with E-state index in [0.717, 1.165) is 0 Å². The van der Waals surface area contributed by atoms with Crippen molar-refractivity contribution in [1.29, 1.82) is 0 Å². The fourth-order valence-corrected chi connectivity index (χ4v) is 3.99. The Kier molecular flexibility index (Phi) is 6.96. The normalized spacial score (nSPS) is 18.2. The van der Waals surface area contributed by atoms with Crippen molar-refractivity contribution in [2.24, 2.45) is 5.92 Å². The Morgan fingerprint density at radius 1 is 1.00 bits per heavy atom. The third-order valence-corrected chi connectivity index (χ3v) is 5.72. The van der Waals surface area contributed by atoms with Crippen molar-refractivity contribution in [2.75, 3.05) is 26.2 Å². The van der Waals surface area contributed by atoms with Crippen LogP contribution in [-0.4, -0.2) is 71.1 Å². The van der Waals surface area contributed by atoms with Gasteiger partial charge >= 0.3 is 0 Å². The lowest BCUT2D eigenvalue weighted by atomic mass is 10.1. The second-order valence-electron chi connectivity index (χ2n) is 9.13. The summed E-state index contributed by atoms with van der Waals surface area (Å²) in [5, 5.41) is 5.48. The number of benzene rings is 1. The molecule has 0 radical (unpaired) electrons. The number of rotatable bonds is 8. The number of likely N-dealkylation sites (tertiary alicyclic amines) is 1. The standard InChI is InChI=1S/C23H30N4O5/c1-23(2,3)27-14-15(13-19(27)29)20(30)25-11-10-24-18(28)9-6-12-26-21(31)16-7-4-5-8-17(16)22(26)32/h4-5,7-8,15H,6,9-14H2,1-3H3,(H,24,28)(H,25,30). The van der Waals surface area contributed by atoms with Gasteiger partial charge in [0.15, 0.2) is 0 Å². The fraction of sp³-hybridized carbons (Fsp3) is 0.522. The molecule has 1 aromatic carbocycles. The number of carbonyl (C=O) groups excluding carboxylic acids is 5. The van der Waals surface area contributed by atoms with Crippen molar-refractivity contribution in [3.8, 4) is 0 Å². The van der Waals surface area contributed by atoms with Crippen LogP contribution in [0.15, 0.2) is 24.3 Å². The number of carbonyl (C=O) groups is 5. The number of hydrogen-bond acceptors (Lipinski definition) is 5. The molecule has 5 amide bonds. The number of amides is 5. The van der Waals surface area contributed by atoms with Gasteiger partial charge in [-0.1, -0.05) is 12.1 Å². The molecule has 9 nitrogen and oxygen atoms in total. The van der Waals surface area contributed by atoms with Crippen LogP contribution in [-0.2, 0) is 14.4 Å². The highest BCUT2D eigenvalue weighted by Crippen LogP contribution is 2.26. The third-order valence-electron chi connectivity index (χ3n) is 5.72. The summed E-state index contributed by atoms with van der Waals surface area (Å²) in [6.07, 6.45) is 0.725. The molecule has 0 aliphatic carbocycles. The molecule has 172 valence electrons. The summed E-state index contributed by atoms with van der Waals surface area (Å²) in [5.41, 5.74) is 0.479. The van der Waals surface area contributed by atoms with E-state index in [9.17, 15) is 24.0 Å². The predicted molar refractivity (Wildman–Crippen MR) is 117 cm³/mol. The lowest BCUT2D eigenvalue weighted by Crippen LogP contribution is -2.43. The van der Waals surface area contributed by atoms with Crippen molar-refractivity contribution in [1.82, 2.24) is 20.4 Å². The van der Waals surface area contributed by atoms with E-state index in [1.165, 1.54) is 4.90 Å². The van der Waals surface area contributed by atoms with Crippen LogP contribution >= 0.6 is 0 Å². The molecule has 1 unspecified atom stereocenters. The van der Waals surface area contributed by atoms with E-state index in [4.69, 9.17) is 0 Å². The van der Waals surface area contributed by atoms with E-state index in [1.807, 2.05) is 20.8 Å². The van der Waals surface area contributed by atoms with Crippen LogP contribution in [0.3, 0.4) is 0 Å². The molecule has 2 heterocycles. The molecule has 3 rings (SSSR count). The van der Waals surface area contributed by atoms with Crippen LogP contribution in [0.2, 0.25) is 0 Å². The summed E-state index contributed by atoms with van der Waals surface area (Å²) in [5.74, 6) is -1.47. The Hall–Kier alpha value is -3.23. The van der Waals surface area contributed by atoms with Crippen molar-refractivity contribution in [2.45, 2.75) is 45.6 Å². The van der Waals surface area contributed by atoms with E-state index >= 15 is 0 Å². The first-order valence-electron chi connectivity index (χ1n) is 10.9. The highest BCUT2D eigenvalue weighted by atomic mass is 16.2. The van der Waals surface area contributed by atoms with E-state index in [0.29, 0.717) is 24.1 Å². The second-order valence-corrected chi connectivity index (χ2v) is 9.13. The van der Waals surface area contributed by atoms with E-state index < -0.39 is 0 Å². The average Bonchev–Trinajstić information content (AvgIpc) is 3.25. The van der Waals surface area contributed by atoms with Crippen molar-refractivity contribution >= 4 is 29.5 Å². The first kappa shape index (κ1) is 23.4. The summed E-state index contributed by atoms with van der Waals surface area (Å²) in [6.45, 7) is 6.93. The summed E-state index contributed by atoms with van der Waals surface area (Å²) in [6, 6.07) is 6.67. The maximum absolute atomic E-state index is 12.3. The molecule has 1 saturated heterocycles. The van der Waals surface area contributed by atoms with Gasteiger partial charge in [-0.2, -0.15) is 0 Å². The van der Waals surface area contributed by atoms with Gasteiger partial charge in [-0.05, 0) is 39.3 Å². The molecular weight excluding hydrogens is 412 g/mol. The molecule has 0 aromatic heterocycles. The molecule has 9 heteroatoms. The van der Waals surface area contributed by atoms with E-state index in [1.54, 1.807) is 29.2 Å². The monoisotopic (exact) mass is 442 g/mol. The molecule has 2 N–H and O–H groups in total. The topological polar surface area (TPSA) is 116 Å². The Bertz CT molecular complexity index is 902.